The molecule has 0 spiro atoms. The average Bonchev–Trinajstić information content (AvgIpc) is 2.54. The summed E-state index contributed by atoms with van der Waals surface area (Å²) < 4.78 is 18.5. The van der Waals surface area contributed by atoms with Gasteiger partial charge in [-0.05, 0) is 25.5 Å². The number of anilines is 1. The molecule has 2 rings (SSSR count). The summed E-state index contributed by atoms with van der Waals surface area (Å²) in [4.78, 5) is 2.21. The molecular formula is C13H19FN2O. The van der Waals surface area contributed by atoms with Crippen LogP contribution in [0.1, 0.15) is 13.3 Å². The van der Waals surface area contributed by atoms with Crippen molar-refractivity contribution in [2.75, 3.05) is 31.6 Å². The van der Waals surface area contributed by atoms with Gasteiger partial charge in [-0.25, -0.2) is 4.39 Å². The Morgan fingerprint density at radius 2 is 2.24 bits per heavy atom. The lowest BCUT2D eigenvalue weighted by molar-refractivity contribution is 0.386. The Labute approximate surface area is 102 Å². The van der Waals surface area contributed by atoms with Crippen LogP contribution in [0.2, 0.25) is 0 Å². The molecule has 1 aliphatic rings. The molecule has 0 aliphatic carbocycles. The minimum atomic E-state index is -0.296. The van der Waals surface area contributed by atoms with Crippen LogP contribution in [0.25, 0.3) is 0 Å². The summed E-state index contributed by atoms with van der Waals surface area (Å²) in [5.74, 6) is 0.00493. The van der Waals surface area contributed by atoms with E-state index in [1.165, 1.54) is 7.11 Å². The minimum Gasteiger partial charge on any atom is -0.494 e. The lowest BCUT2D eigenvalue weighted by Gasteiger charge is -2.22. The maximum atomic E-state index is 13.6. The number of benzene rings is 1. The van der Waals surface area contributed by atoms with E-state index < -0.39 is 0 Å². The van der Waals surface area contributed by atoms with Crippen LogP contribution in [0.3, 0.4) is 0 Å². The Balaban J connectivity index is 2.13. The Hall–Kier alpha value is -1.29. The van der Waals surface area contributed by atoms with Gasteiger partial charge in [0.25, 0.3) is 0 Å². The first-order valence-corrected chi connectivity index (χ1v) is 6.02. The predicted molar refractivity (Wildman–Crippen MR) is 67.2 cm³/mol. The summed E-state index contributed by atoms with van der Waals surface area (Å²) >= 11 is 0. The topological polar surface area (TPSA) is 24.5 Å². The maximum absolute atomic E-state index is 13.6. The molecule has 0 amide bonds. The van der Waals surface area contributed by atoms with Gasteiger partial charge in [0.2, 0.25) is 0 Å². The van der Waals surface area contributed by atoms with Crippen LogP contribution < -0.4 is 15.0 Å². The summed E-state index contributed by atoms with van der Waals surface area (Å²) in [6, 6.07) is 5.68. The molecule has 3 nitrogen and oxygen atoms in total. The molecular weight excluding hydrogens is 219 g/mol. The van der Waals surface area contributed by atoms with E-state index in [0.29, 0.717) is 11.8 Å². The van der Waals surface area contributed by atoms with Crippen LogP contribution in [0.4, 0.5) is 10.1 Å². The van der Waals surface area contributed by atoms with E-state index in [1.54, 1.807) is 12.1 Å². The SMILES string of the molecule is COc1ccc(N2CCNC(C)CC2)cc1F. The fourth-order valence-electron chi connectivity index (χ4n) is 2.12. The lowest BCUT2D eigenvalue weighted by Crippen LogP contribution is -2.29. The standard InChI is InChI=1S/C13H19FN2O/c1-10-5-7-16(8-6-15-10)11-3-4-13(17-2)12(14)9-11/h3-4,9-10,15H,5-8H2,1-2H3. The van der Waals surface area contributed by atoms with Gasteiger partial charge in [0.1, 0.15) is 0 Å². The van der Waals surface area contributed by atoms with E-state index in [9.17, 15) is 4.39 Å². The van der Waals surface area contributed by atoms with Crippen molar-refractivity contribution >= 4 is 5.69 Å². The molecule has 1 aliphatic heterocycles. The first kappa shape index (κ1) is 12.2. The first-order valence-electron chi connectivity index (χ1n) is 6.02. The Morgan fingerprint density at radius 1 is 1.41 bits per heavy atom. The second-order valence-corrected chi connectivity index (χ2v) is 4.45. The molecule has 1 aromatic carbocycles. The number of ether oxygens (including phenoxy) is 1. The Morgan fingerprint density at radius 3 is 2.94 bits per heavy atom. The zero-order chi connectivity index (χ0) is 12.3. The van der Waals surface area contributed by atoms with Gasteiger partial charge in [0.05, 0.1) is 7.11 Å². The molecule has 17 heavy (non-hydrogen) atoms. The molecule has 94 valence electrons. The van der Waals surface area contributed by atoms with Crippen molar-refractivity contribution in [1.29, 1.82) is 0 Å². The van der Waals surface area contributed by atoms with Crippen LogP contribution in [0.15, 0.2) is 18.2 Å². The molecule has 1 aromatic rings. The predicted octanol–water partition coefficient (Wildman–Crippen LogP) is 2.02. The number of methoxy groups -OCH3 is 1. The Bertz CT molecular complexity index is 384. The van der Waals surface area contributed by atoms with E-state index in [4.69, 9.17) is 4.74 Å². The third kappa shape index (κ3) is 2.88. The van der Waals surface area contributed by atoms with Crippen LogP contribution in [-0.2, 0) is 0 Å². The zero-order valence-corrected chi connectivity index (χ0v) is 10.4. The fraction of sp³-hybridized carbons (Fsp3) is 0.538. The van der Waals surface area contributed by atoms with Crippen molar-refractivity contribution < 1.29 is 9.13 Å². The molecule has 0 aromatic heterocycles. The summed E-state index contributed by atoms with van der Waals surface area (Å²) in [7, 11) is 1.48. The highest BCUT2D eigenvalue weighted by Crippen LogP contribution is 2.24. The van der Waals surface area contributed by atoms with Gasteiger partial charge < -0.3 is 15.0 Å². The summed E-state index contributed by atoms with van der Waals surface area (Å²) in [6.45, 7) is 4.99. The molecule has 1 unspecified atom stereocenters. The van der Waals surface area contributed by atoms with E-state index >= 15 is 0 Å². The van der Waals surface area contributed by atoms with Crippen molar-refractivity contribution in [3.63, 3.8) is 0 Å². The Kier molecular flexibility index (Phi) is 3.84. The maximum Gasteiger partial charge on any atom is 0.167 e. The van der Waals surface area contributed by atoms with Crippen molar-refractivity contribution in [1.82, 2.24) is 5.32 Å². The highest BCUT2D eigenvalue weighted by atomic mass is 19.1. The molecule has 1 saturated heterocycles. The van der Waals surface area contributed by atoms with Crippen molar-refractivity contribution in [3.8, 4) is 5.75 Å². The molecule has 0 radical (unpaired) electrons. The highest BCUT2D eigenvalue weighted by molar-refractivity contribution is 5.50. The quantitative estimate of drug-likeness (QED) is 0.853. The zero-order valence-electron chi connectivity index (χ0n) is 10.4. The summed E-state index contributed by atoms with van der Waals surface area (Å²) in [6.07, 6.45) is 1.08. The average molecular weight is 238 g/mol. The molecule has 1 fully saturated rings. The van der Waals surface area contributed by atoms with Crippen LogP contribution in [0, 0.1) is 5.82 Å². The van der Waals surface area contributed by atoms with Gasteiger partial charge in [0.15, 0.2) is 11.6 Å². The fourth-order valence-corrected chi connectivity index (χ4v) is 2.12. The second-order valence-electron chi connectivity index (χ2n) is 4.45. The highest BCUT2D eigenvalue weighted by Gasteiger charge is 2.14. The van der Waals surface area contributed by atoms with Crippen molar-refractivity contribution in [3.05, 3.63) is 24.0 Å². The van der Waals surface area contributed by atoms with Crippen LogP contribution in [0.5, 0.6) is 5.75 Å². The lowest BCUT2D eigenvalue weighted by atomic mass is 10.2. The largest absolute Gasteiger partial charge is 0.494 e. The third-order valence-electron chi connectivity index (χ3n) is 3.21. The molecule has 1 N–H and O–H groups in total. The van der Waals surface area contributed by atoms with Gasteiger partial charge in [-0.2, -0.15) is 0 Å². The summed E-state index contributed by atoms with van der Waals surface area (Å²) in [5.41, 5.74) is 0.930. The van der Waals surface area contributed by atoms with Crippen molar-refractivity contribution in [2.24, 2.45) is 0 Å². The number of nitrogens with zero attached hydrogens (tertiary/aromatic N) is 1. The van der Waals surface area contributed by atoms with Gasteiger partial charge in [-0.15, -0.1) is 0 Å². The van der Waals surface area contributed by atoms with E-state index in [2.05, 4.69) is 17.1 Å². The minimum absolute atomic E-state index is 0.296. The molecule has 0 saturated carbocycles. The van der Waals surface area contributed by atoms with Gasteiger partial charge in [0, 0.05) is 37.4 Å². The smallest absolute Gasteiger partial charge is 0.167 e. The molecule has 0 bridgehead atoms. The molecule has 1 heterocycles. The number of rotatable bonds is 2. The summed E-state index contributed by atoms with van der Waals surface area (Å²) in [5, 5.41) is 3.42. The third-order valence-corrected chi connectivity index (χ3v) is 3.21. The van der Waals surface area contributed by atoms with Gasteiger partial charge in [-0.1, -0.05) is 0 Å². The van der Waals surface area contributed by atoms with Crippen molar-refractivity contribution in [2.45, 2.75) is 19.4 Å². The van der Waals surface area contributed by atoms with Gasteiger partial charge >= 0.3 is 0 Å². The number of nitrogens with one attached hydrogen (secondary N) is 1. The van der Waals surface area contributed by atoms with Gasteiger partial charge in [-0.3, -0.25) is 0 Å². The number of hydrogen-bond donors (Lipinski definition) is 1. The monoisotopic (exact) mass is 238 g/mol. The molecule has 4 heteroatoms. The first-order chi connectivity index (χ1) is 8.20. The van der Waals surface area contributed by atoms with E-state index in [-0.39, 0.29) is 5.82 Å². The van der Waals surface area contributed by atoms with Crippen LogP contribution >= 0.6 is 0 Å². The second kappa shape index (κ2) is 5.36. The number of hydrogen-bond acceptors (Lipinski definition) is 3. The van der Waals surface area contributed by atoms with Crippen LogP contribution in [-0.4, -0.2) is 32.8 Å². The van der Waals surface area contributed by atoms with E-state index in [0.717, 1.165) is 31.7 Å². The molecule has 1 atom stereocenters. The normalized spacial score (nSPS) is 21.1. The van der Waals surface area contributed by atoms with E-state index in [1.807, 2.05) is 6.07 Å². The number of halogens is 1.